The van der Waals surface area contributed by atoms with Gasteiger partial charge in [-0.1, -0.05) is 31.2 Å². The largest absolute Gasteiger partial charge is 0.464 e. The highest BCUT2D eigenvalue weighted by Crippen LogP contribution is 2.35. The first-order valence-corrected chi connectivity index (χ1v) is 7.24. The van der Waals surface area contributed by atoms with Crippen molar-refractivity contribution in [3.05, 3.63) is 64.6 Å². The molecule has 108 valence electrons. The minimum atomic E-state index is -0.136. The van der Waals surface area contributed by atoms with Gasteiger partial charge in [-0.3, -0.25) is 4.79 Å². The van der Waals surface area contributed by atoms with Crippen LogP contribution in [0.2, 0.25) is 0 Å². The fourth-order valence-electron chi connectivity index (χ4n) is 2.80. The van der Waals surface area contributed by atoms with E-state index in [1.54, 1.807) is 0 Å². The van der Waals surface area contributed by atoms with Gasteiger partial charge in [-0.25, -0.2) is 0 Å². The van der Waals surface area contributed by atoms with Gasteiger partial charge >= 0.3 is 0 Å². The number of hydrogen-bond acceptors (Lipinski definition) is 2. The molecule has 1 amide bonds. The van der Waals surface area contributed by atoms with E-state index in [9.17, 15) is 4.79 Å². The maximum Gasteiger partial charge on any atom is 0.248 e. The normalized spacial score (nSPS) is 18.0. The Morgan fingerprint density at radius 3 is 2.67 bits per heavy atom. The minimum absolute atomic E-state index is 0.0275. The van der Waals surface area contributed by atoms with Crippen molar-refractivity contribution in [1.29, 1.82) is 0 Å². The van der Waals surface area contributed by atoms with Crippen LogP contribution in [0.1, 0.15) is 48.5 Å². The van der Waals surface area contributed by atoms with Crippen molar-refractivity contribution in [2.45, 2.75) is 32.7 Å². The maximum atomic E-state index is 12.5. The number of nitrogens with one attached hydrogen (secondary N) is 1. The zero-order valence-electron chi connectivity index (χ0n) is 12.5. The number of carbonyl (C=O) groups is 1. The van der Waals surface area contributed by atoms with Crippen molar-refractivity contribution < 1.29 is 9.21 Å². The topological polar surface area (TPSA) is 42.2 Å². The Balaban J connectivity index is 1.75. The smallest absolute Gasteiger partial charge is 0.248 e. The van der Waals surface area contributed by atoms with Crippen molar-refractivity contribution in [2.24, 2.45) is 0 Å². The lowest BCUT2D eigenvalue weighted by atomic mass is 9.97. The van der Waals surface area contributed by atoms with Crippen molar-refractivity contribution >= 4 is 12.0 Å². The molecular formula is C18H19NO2. The van der Waals surface area contributed by atoms with Crippen molar-refractivity contribution in [2.75, 3.05) is 0 Å². The van der Waals surface area contributed by atoms with Crippen molar-refractivity contribution in [1.82, 2.24) is 5.32 Å². The molecule has 0 aliphatic heterocycles. The molecule has 3 heteroatoms. The highest BCUT2D eigenvalue weighted by molar-refractivity contribution is 6.01. The summed E-state index contributed by atoms with van der Waals surface area (Å²) in [7, 11) is 0. The molecule has 0 saturated heterocycles. The van der Waals surface area contributed by atoms with E-state index in [0.29, 0.717) is 0 Å². The number of furan rings is 1. The molecule has 0 saturated carbocycles. The molecule has 2 aromatic rings. The molecule has 0 radical (unpaired) electrons. The summed E-state index contributed by atoms with van der Waals surface area (Å²) in [6.45, 7) is 5.90. The summed E-state index contributed by atoms with van der Waals surface area (Å²) in [6, 6.07) is 11.8. The number of hydrogen-bond donors (Lipinski definition) is 1. The van der Waals surface area contributed by atoms with E-state index in [1.165, 1.54) is 5.56 Å². The lowest BCUT2D eigenvalue weighted by molar-refractivity contribution is -0.118. The Kier molecular flexibility index (Phi) is 3.42. The molecule has 0 fully saturated rings. The Bertz CT molecular complexity index is 712. The average Bonchev–Trinajstić information content (AvgIpc) is 3.04. The van der Waals surface area contributed by atoms with Gasteiger partial charge in [0.2, 0.25) is 5.91 Å². The number of benzene rings is 1. The molecule has 0 bridgehead atoms. The van der Waals surface area contributed by atoms with Crippen LogP contribution in [0.15, 0.2) is 46.4 Å². The van der Waals surface area contributed by atoms with Gasteiger partial charge in [0.25, 0.3) is 0 Å². The van der Waals surface area contributed by atoms with Crippen LogP contribution in [0.3, 0.4) is 0 Å². The fraction of sp³-hybridized carbons (Fsp3) is 0.278. The third kappa shape index (κ3) is 2.51. The number of fused-ring (bicyclic) bond motifs is 1. The second-order valence-electron chi connectivity index (χ2n) is 5.59. The summed E-state index contributed by atoms with van der Waals surface area (Å²) in [4.78, 5) is 12.5. The van der Waals surface area contributed by atoms with Gasteiger partial charge in [0.05, 0.1) is 6.04 Å². The van der Waals surface area contributed by atoms with Gasteiger partial charge < -0.3 is 9.73 Å². The third-order valence-corrected chi connectivity index (χ3v) is 4.04. The lowest BCUT2D eigenvalue weighted by Crippen LogP contribution is -2.28. The first-order chi connectivity index (χ1) is 10.1. The molecule has 3 nitrogen and oxygen atoms in total. The molecule has 21 heavy (non-hydrogen) atoms. The summed E-state index contributed by atoms with van der Waals surface area (Å²) in [5.41, 5.74) is 3.16. The number of aryl methyl sites for hydroxylation is 1. The molecular weight excluding hydrogens is 262 g/mol. The van der Waals surface area contributed by atoms with Gasteiger partial charge in [0.1, 0.15) is 11.5 Å². The van der Waals surface area contributed by atoms with Crippen LogP contribution in [-0.2, 0) is 4.79 Å². The van der Waals surface area contributed by atoms with Crippen molar-refractivity contribution in [3.63, 3.8) is 0 Å². The third-order valence-electron chi connectivity index (χ3n) is 4.04. The van der Waals surface area contributed by atoms with Crippen LogP contribution in [0.5, 0.6) is 0 Å². The monoisotopic (exact) mass is 281 g/mol. The van der Waals surface area contributed by atoms with E-state index in [-0.39, 0.29) is 17.9 Å². The first-order valence-electron chi connectivity index (χ1n) is 7.24. The van der Waals surface area contributed by atoms with E-state index < -0.39 is 0 Å². The average molecular weight is 281 g/mol. The SMILES string of the molecule is Cc1ccc([C@@H](C)NC(=O)C2=Cc3ccccc3[C@H]2C)o1. The molecule has 3 rings (SSSR count). The molecule has 1 N–H and O–H groups in total. The van der Waals surface area contributed by atoms with Gasteiger partial charge in [0.15, 0.2) is 0 Å². The summed E-state index contributed by atoms with van der Waals surface area (Å²) in [5, 5.41) is 3.02. The first kappa shape index (κ1) is 13.7. The van der Waals surface area contributed by atoms with Gasteiger partial charge in [-0.05, 0) is 43.2 Å². The van der Waals surface area contributed by atoms with Crippen LogP contribution >= 0.6 is 0 Å². The standard InChI is InChI=1S/C18H19NO2/c1-11-8-9-17(21-11)13(3)19-18(20)16-10-14-6-4-5-7-15(14)12(16)2/h4-10,12-13H,1-3H3,(H,19,20)/t12-,13-/m1/s1. The number of carbonyl (C=O) groups excluding carboxylic acids is 1. The van der Waals surface area contributed by atoms with Crippen LogP contribution in [0, 0.1) is 6.92 Å². The highest BCUT2D eigenvalue weighted by Gasteiger charge is 2.27. The van der Waals surface area contributed by atoms with Gasteiger partial charge in [-0.2, -0.15) is 0 Å². The zero-order valence-corrected chi connectivity index (χ0v) is 12.5. The summed E-state index contributed by atoms with van der Waals surface area (Å²) in [5.74, 6) is 1.74. The fourth-order valence-corrected chi connectivity index (χ4v) is 2.80. The lowest BCUT2D eigenvalue weighted by Gasteiger charge is -2.15. The van der Waals surface area contributed by atoms with Gasteiger partial charge in [0, 0.05) is 11.5 Å². The van der Waals surface area contributed by atoms with E-state index in [4.69, 9.17) is 4.42 Å². The highest BCUT2D eigenvalue weighted by atomic mass is 16.3. The maximum absolute atomic E-state index is 12.5. The van der Waals surface area contributed by atoms with Crippen LogP contribution < -0.4 is 5.32 Å². The van der Waals surface area contributed by atoms with E-state index in [0.717, 1.165) is 22.7 Å². The Morgan fingerprint density at radius 2 is 2.00 bits per heavy atom. The minimum Gasteiger partial charge on any atom is -0.464 e. The number of amides is 1. The molecule has 0 spiro atoms. The van der Waals surface area contributed by atoms with E-state index in [2.05, 4.69) is 18.3 Å². The van der Waals surface area contributed by atoms with Crippen LogP contribution in [-0.4, -0.2) is 5.91 Å². The molecule has 1 aromatic heterocycles. The predicted octanol–water partition coefficient (Wildman–Crippen LogP) is 3.97. The Morgan fingerprint density at radius 1 is 1.24 bits per heavy atom. The van der Waals surface area contributed by atoms with E-state index in [1.807, 2.05) is 50.3 Å². The van der Waals surface area contributed by atoms with Crippen LogP contribution in [0.25, 0.3) is 6.08 Å². The summed E-state index contributed by atoms with van der Waals surface area (Å²) in [6.07, 6.45) is 1.98. The number of rotatable bonds is 3. The van der Waals surface area contributed by atoms with Crippen molar-refractivity contribution in [3.8, 4) is 0 Å². The van der Waals surface area contributed by atoms with Gasteiger partial charge in [-0.15, -0.1) is 0 Å². The molecule has 2 atom stereocenters. The molecule has 1 aliphatic carbocycles. The Hall–Kier alpha value is -2.29. The molecule has 1 heterocycles. The zero-order chi connectivity index (χ0) is 15.0. The molecule has 1 aliphatic rings. The second-order valence-corrected chi connectivity index (χ2v) is 5.59. The van der Waals surface area contributed by atoms with Crippen LogP contribution in [0.4, 0.5) is 0 Å². The molecule has 0 unspecified atom stereocenters. The summed E-state index contributed by atoms with van der Waals surface area (Å²) < 4.78 is 5.56. The quantitative estimate of drug-likeness (QED) is 0.925. The Labute approximate surface area is 124 Å². The van der Waals surface area contributed by atoms with E-state index >= 15 is 0 Å². The summed E-state index contributed by atoms with van der Waals surface area (Å²) >= 11 is 0. The molecule has 1 aromatic carbocycles. The second kappa shape index (κ2) is 5.24. The predicted molar refractivity (Wildman–Crippen MR) is 82.8 cm³/mol.